The molecule has 15 heavy (non-hydrogen) atoms. The fourth-order valence-electron chi connectivity index (χ4n) is 1.33. The van der Waals surface area contributed by atoms with Crippen molar-refractivity contribution in [1.82, 2.24) is 0 Å². The molecule has 0 atom stereocenters. The van der Waals surface area contributed by atoms with Gasteiger partial charge in [-0.15, -0.1) is 22.7 Å². The summed E-state index contributed by atoms with van der Waals surface area (Å²) in [5, 5.41) is 1.96. The van der Waals surface area contributed by atoms with Crippen LogP contribution >= 0.6 is 38.6 Å². The number of hydrogen-bond donors (Lipinski definition) is 0. The number of rotatable bonds is 2. The molecule has 0 saturated carbocycles. The number of thiophene rings is 2. The van der Waals surface area contributed by atoms with Gasteiger partial charge in [0.25, 0.3) is 0 Å². The van der Waals surface area contributed by atoms with E-state index in [1.54, 1.807) is 11.3 Å². The summed E-state index contributed by atoms with van der Waals surface area (Å²) in [5.74, 6) is 0.132. The zero-order valence-corrected chi connectivity index (χ0v) is 11.6. The first-order valence-electron chi connectivity index (χ1n) is 4.44. The summed E-state index contributed by atoms with van der Waals surface area (Å²) in [6.45, 7) is 3.98. The molecule has 1 nitrogen and oxygen atoms in total. The van der Waals surface area contributed by atoms with E-state index in [-0.39, 0.29) is 5.78 Å². The van der Waals surface area contributed by atoms with Crippen LogP contribution in [0.2, 0.25) is 0 Å². The van der Waals surface area contributed by atoms with Crippen molar-refractivity contribution in [3.8, 4) is 0 Å². The molecule has 0 N–H and O–H groups in total. The number of hydrogen-bond acceptors (Lipinski definition) is 3. The molecule has 2 heterocycles. The van der Waals surface area contributed by atoms with Gasteiger partial charge in [-0.05, 0) is 52.9 Å². The summed E-state index contributed by atoms with van der Waals surface area (Å²) >= 11 is 6.55. The number of aryl methyl sites for hydroxylation is 2. The Morgan fingerprint density at radius 2 is 2.13 bits per heavy atom. The molecule has 0 radical (unpaired) electrons. The topological polar surface area (TPSA) is 17.1 Å². The van der Waals surface area contributed by atoms with Gasteiger partial charge in [-0.25, -0.2) is 0 Å². The lowest BCUT2D eigenvalue weighted by molar-refractivity contribution is 0.104. The lowest BCUT2D eigenvalue weighted by atomic mass is 10.1. The van der Waals surface area contributed by atoms with Gasteiger partial charge >= 0.3 is 0 Å². The summed E-state index contributed by atoms with van der Waals surface area (Å²) in [7, 11) is 0. The van der Waals surface area contributed by atoms with Crippen LogP contribution in [0.3, 0.4) is 0 Å². The molecule has 0 amide bonds. The quantitative estimate of drug-likeness (QED) is 0.750. The van der Waals surface area contributed by atoms with Crippen molar-refractivity contribution in [1.29, 1.82) is 0 Å². The Kier molecular flexibility index (Phi) is 3.09. The van der Waals surface area contributed by atoms with Gasteiger partial charge in [0.05, 0.1) is 8.66 Å². The lowest BCUT2D eigenvalue weighted by Gasteiger charge is -1.94. The second kappa shape index (κ2) is 4.20. The average Bonchev–Trinajstić information content (AvgIpc) is 2.74. The molecule has 0 aromatic carbocycles. The van der Waals surface area contributed by atoms with Gasteiger partial charge in [-0.3, -0.25) is 4.79 Å². The highest BCUT2D eigenvalue weighted by Crippen LogP contribution is 2.30. The Morgan fingerprint density at radius 1 is 1.40 bits per heavy atom. The van der Waals surface area contributed by atoms with E-state index < -0.39 is 0 Å². The third kappa shape index (κ3) is 2.07. The molecule has 0 unspecified atom stereocenters. The highest BCUT2D eigenvalue weighted by molar-refractivity contribution is 9.11. The molecule has 0 saturated heterocycles. The smallest absolute Gasteiger partial charge is 0.204 e. The summed E-state index contributed by atoms with van der Waals surface area (Å²) in [6.07, 6.45) is 0. The van der Waals surface area contributed by atoms with Crippen LogP contribution in [0.1, 0.15) is 25.7 Å². The van der Waals surface area contributed by atoms with Gasteiger partial charge in [0.15, 0.2) is 0 Å². The molecule has 0 bridgehead atoms. The van der Waals surface area contributed by atoms with Crippen molar-refractivity contribution in [3.63, 3.8) is 0 Å². The summed E-state index contributed by atoms with van der Waals surface area (Å²) in [4.78, 5) is 14.0. The minimum absolute atomic E-state index is 0.132. The van der Waals surface area contributed by atoms with Gasteiger partial charge < -0.3 is 0 Å². The van der Waals surface area contributed by atoms with E-state index in [2.05, 4.69) is 15.9 Å². The van der Waals surface area contributed by atoms with Crippen molar-refractivity contribution < 1.29 is 4.79 Å². The first-order chi connectivity index (χ1) is 7.09. The van der Waals surface area contributed by atoms with Gasteiger partial charge in [-0.2, -0.15) is 0 Å². The van der Waals surface area contributed by atoms with Gasteiger partial charge in [-0.1, -0.05) is 0 Å². The van der Waals surface area contributed by atoms with Crippen molar-refractivity contribution in [2.45, 2.75) is 13.8 Å². The van der Waals surface area contributed by atoms with Crippen LogP contribution in [0.15, 0.2) is 21.3 Å². The van der Waals surface area contributed by atoms with E-state index in [1.165, 1.54) is 11.3 Å². The van der Waals surface area contributed by atoms with Crippen molar-refractivity contribution >= 4 is 44.4 Å². The Morgan fingerprint density at radius 3 is 2.60 bits per heavy atom. The molecule has 78 valence electrons. The summed E-state index contributed by atoms with van der Waals surface area (Å²) in [5.41, 5.74) is 1.95. The van der Waals surface area contributed by atoms with E-state index in [4.69, 9.17) is 0 Å². The lowest BCUT2D eigenvalue weighted by Crippen LogP contribution is -1.97. The number of carbonyl (C=O) groups excluding carboxylic acids is 1. The molecule has 0 fully saturated rings. The molecular weight excluding hydrogens is 292 g/mol. The summed E-state index contributed by atoms with van der Waals surface area (Å²) < 4.78 is 1.04. The third-order valence-corrected chi connectivity index (χ3v) is 5.17. The zero-order chi connectivity index (χ0) is 11.0. The normalized spacial score (nSPS) is 10.6. The van der Waals surface area contributed by atoms with Gasteiger partial charge in [0.1, 0.15) is 0 Å². The van der Waals surface area contributed by atoms with Crippen molar-refractivity contribution in [2.24, 2.45) is 0 Å². The Balaban J connectivity index is 2.41. The Bertz CT molecular complexity index is 491. The SMILES string of the molecule is Cc1cc(C(=O)c2ccsc2C)sc1Br. The molecule has 0 aliphatic carbocycles. The van der Waals surface area contributed by atoms with Crippen LogP contribution in [0, 0.1) is 13.8 Å². The van der Waals surface area contributed by atoms with Gasteiger partial charge in [0, 0.05) is 10.4 Å². The maximum absolute atomic E-state index is 12.1. The zero-order valence-electron chi connectivity index (χ0n) is 8.33. The minimum atomic E-state index is 0.132. The van der Waals surface area contributed by atoms with Crippen LogP contribution in [0.4, 0.5) is 0 Å². The molecular formula is C11H9BrOS2. The molecule has 4 heteroatoms. The molecule has 0 aliphatic rings. The Hall–Kier alpha value is -0.450. The monoisotopic (exact) mass is 300 g/mol. The minimum Gasteiger partial charge on any atom is -0.288 e. The maximum atomic E-state index is 12.1. The summed E-state index contributed by atoms with van der Waals surface area (Å²) in [6, 6.07) is 3.83. The van der Waals surface area contributed by atoms with Crippen LogP contribution in [-0.4, -0.2) is 5.78 Å². The van der Waals surface area contributed by atoms with E-state index in [0.29, 0.717) is 0 Å². The second-order valence-electron chi connectivity index (χ2n) is 3.29. The van der Waals surface area contributed by atoms with Gasteiger partial charge in [0.2, 0.25) is 5.78 Å². The third-order valence-electron chi connectivity index (χ3n) is 2.18. The maximum Gasteiger partial charge on any atom is 0.204 e. The van der Waals surface area contributed by atoms with Crippen LogP contribution in [0.5, 0.6) is 0 Å². The molecule has 2 aromatic heterocycles. The molecule has 2 aromatic rings. The fourth-order valence-corrected chi connectivity index (χ4v) is 3.51. The highest BCUT2D eigenvalue weighted by Gasteiger charge is 2.15. The van der Waals surface area contributed by atoms with Crippen LogP contribution in [-0.2, 0) is 0 Å². The average molecular weight is 301 g/mol. The van der Waals surface area contributed by atoms with Crippen LogP contribution < -0.4 is 0 Å². The molecule has 0 spiro atoms. The van der Waals surface area contributed by atoms with Crippen molar-refractivity contribution in [2.75, 3.05) is 0 Å². The molecule has 0 aliphatic heterocycles. The first kappa shape index (κ1) is 11.0. The highest BCUT2D eigenvalue weighted by atomic mass is 79.9. The Labute approximate surface area is 105 Å². The van der Waals surface area contributed by atoms with Crippen LogP contribution in [0.25, 0.3) is 0 Å². The number of carbonyl (C=O) groups is 1. The number of ketones is 1. The predicted octanol–water partition coefficient (Wildman–Crippen LogP) is 4.42. The first-order valence-corrected chi connectivity index (χ1v) is 6.93. The second-order valence-corrected chi connectivity index (χ2v) is 6.78. The molecule has 2 rings (SSSR count). The van der Waals surface area contributed by atoms with Crippen molar-refractivity contribution in [3.05, 3.63) is 42.2 Å². The standard InChI is InChI=1S/C11H9BrOS2/c1-6-5-9(15-11(6)12)10(13)8-3-4-14-7(8)2/h3-5H,1-2H3. The van der Waals surface area contributed by atoms with E-state index in [0.717, 1.165) is 24.7 Å². The van der Waals surface area contributed by atoms with E-state index in [1.807, 2.05) is 31.4 Å². The fraction of sp³-hybridized carbons (Fsp3) is 0.182. The predicted molar refractivity (Wildman–Crippen MR) is 69.2 cm³/mol. The van der Waals surface area contributed by atoms with E-state index >= 15 is 0 Å². The van der Waals surface area contributed by atoms with E-state index in [9.17, 15) is 4.79 Å². The largest absolute Gasteiger partial charge is 0.288 e. The number of halogens is 1.